The first-order valence-corrected chi connectivity index (χ1v) is 12.3. The summed E-state index contributed by atoms with van der Waals surface area (Å²) in [6, 6.07) is 15.5. The van der Waals surface area contributed by atoms with E-state index < -0.39 is 0 Å². The molecule has 1 heterocycles. The number of rotatable bonds is 8. The van der Waals surface area contributed by atoms with Gasteiger partial charge in [0.05, 0.1) is 12.8 Å². The molecule has 0 amide bonds. The number of anilines is 1. The quantitative estimate of drug-likeness (QED) is 0.626. The van der Waals surface area contributed by atoms with E-state index >= 15 is 0 Å². The van der Waals surface area contributed by atoms with Crippen LogP contribution in [0.2, 0.25) is 0 Å². The zero-order valence-corrected chi connectivity index (χ0v) is 19.4. The predicted molar refractivity (Wildman–Crippen MR) is 130 cm³/mol. The van der Waals surface area contributed by atoms with Crippen LogP contribution in [0.4, 0.5) is 10.1 Å². The van der Waals surface area contributed by atoms with Gasteiger partial charge in [-0.3, -0.25) is 4.90 Å². The van der Waals surface area contributed by atoms with Gasteiger partial charge in [-0.25, -0.2) is 4.39 Å². The third kappa shape index (κ3) is 5.44. The Labute approximate surface area is 192 Å². The van der Waals surface area contributed by atoms with Crippen LogP contribution < -0.4 is 15.4 Å². The maximum Gasteiger partial charge on any atom is 0.142 e. The molecule has 5 heteroatoms. The molecule has 1 saturated carbocycles. The highest BCUT2D eigenvalue weighted by atomic mass is 19.1. The van der Waals surface area contributed by atoms with Crippen LogP contribution >= 0.6 is 0 Å². The Bertz CT molecular complexity index is 846. The first kappa shape index (κ1) is 23.1. The zero-order chi connectivity index (χ0) is 22.3. The van der Waals surface area contributed by atoms with Crippen LogP contribution in [0.15, 0.2) is 48.5 Å². The van der Waals surface area contributed by atoms with Crippen LogP contribution in [-0.2, 0) is 0 Å². The number of nitrogens with zero attached hydrogens (tertiary/aromatic N) is 2. The second-order valence-electron chi connectivity index (χ2n) is 9.39. The highest BCUT2D eigenvalue weighted by Gasteiger charge is 2.31. The summed E-state index contributed by atoms with van der Waals surface area (Å²) in [7, 11) is 1.73. The largest absolute Gasteiger partial charge is 0.495 e. The van der Waals surface area contributed by atoms with Crippen molar-refractivity contribution in [1.82, 2.24) is 4.90 Å². The number of halogens is 1. The van der Waals surface area contributed by atoms with Crippen molar-refractivity contribution in [1.29, 1.82) is 0 Å². The molecule has 2 N–H and O–H groups in total. The lowest BCUT2D eigenvalue weighted by molar-refractivity contribution is 0.221. The van der Waals surface area contributed by atoms with Gasteiger partial charge >= 0.3 is 0 Å². The van der Waals surface area contributed by atoms with E-state index in [9.17, 15) is 4.39 Å². The Kier molecular flexibility index (Phi) is 8.04. The first-order valence-electron chi connectivity index (χ1n) is 12.3. The number of para-hydroxylation sites is 2. The third-order valence-electron chi connectivity index (χ3n) is 7.52. The Morgan fingerprint density at radius 2 is 1.66 bits per heavy atom. The minimum atomic E-state index is -0.107. The van der Waals surface area contributed by atoms with E-state index in [4.69, 9.17) is 10.5 Å². The zero-order valence-electron chi connectivity index (χ0n) is 19.4. The normalized spacial score (nSPS) is 20.2. The van der Waals surface area contributed by atoms with E-state index in [1.165, 1.54) is 37.8 Å². The topological polar surface area (TPSA) is 41.7 Å². The summed E-state index contributed by atoms with van der Waals surface area (Å²) in [6.45, 7) is 4.90. The highest BCUT2D eigenvalue weighted by Crippen LogP contribution is 2.35. The summed E-state index contributed by atoms with van der Waals surface area (Å²) in [6.07, 6.45) is 7.10. The number of hydrogen-bond acceptors (Lipinski definition) is 4. The summed E-state index contributed by atoms with van der Waals surface area (Å²) < 4.78 is 20.3. The fourth-order valence-corrected chi connectivity index (χ4v) is 5.60. The van der Waals surface area contributed by atoms with E-state index in [-0.39, 0.29) is 17.8 Å². The molecule has 0 bridgehead atoms. The Balaban J connectivity index is 1.39. The van der Waals surface area contributed by atoms with Crippen molar-refractivity contribution < 1.29 is 9.13 Å². The van der Waals surface area contributed by atoms with E-state index in [0.717, 1.165) is 50.5 Å². The van der Waals surface area contributed by atoms with Crippen molar-refractivity contribution in [2.75, 3.05) is 44.7 Å². The number of methoxy groups -OCH3 is 1. The van der Waals surface area contributed by atoms with E-state index in [1.807, 2.05) is 24.3 Å². The molecule has 2 aliphatic rings. The van der Waals surface area contributed by atoms with Gasteiger partial charge in [-0.05, 0) is 55.5 Å². The average molecular weight is 440 g/mol. The van der Waals surface area contributed by atoms with Gasteiger partial charge in [-0.2, -0.15) is 0 Å². The standard InChI is InChI=1S/C27H38FN3O/c1-32-26-14-8-7-13-25(26)31-19-17-30(18-20-31)16-15-23(22-11-5-6-12-24(22)28)27(29)21-9-3-2-4-10-21/h5-8,11-14,21,23,27H,2-4,9-10,15-20,29H2,1H3/t23-,27+/m1/s1. The van der Waals surface area contributed by atoms with Gasteiger partial charge in [-0.1, -0.05) is 49.6 Å². The molecule has 2 aromatic carbocycles. The molecule has 0 unspecified atom stereocenters. The molecule has 1 aliphatic heterocycles. The number of hydrogen-bond donors (Lipinski definition) is 1. The Morgan fingerprint density at radius 1 is 0.969 bits per heavy atom. The van der Waals surface area contributed by atoms with Crippen LogP contribution in [0, 0.1) is 11.7 Å². The second kappa shape index (κ2) is 11.2. The van der Waals surface area contributed by atoms with Crippen molar-refractivity contribution in [3.05, 3.63) is 59.9 Å². The number of ether oxygens (including phenoxy) is 1. The van der Waals surface area contributed by atoms with Crippen LogP contribution in [0.1, 0.15) is 50.0 Å². The predicted octanol–water partition coefficient (Wildman–Crippen LogP) is 5.04. The van der Waals surface area contributed by atoms with Crippen LogP contribution in [0.5, 0.6) is 5.75 Å². The van der Waals surface area contributed by atoms with Crippen molar-refractivity contribution in [2.24, 2.45) is 11.7 Å². The molecule has 2 aromatic rings. The maximum atomic E-state index is 14.8. The molecule has 32 heavy (non-hydrogen) atoms. The summed E-state index contributed by atoms with van der Waals surface area (Å²) in [5.41, 5.74) is 8.80. The lowest BCUT2D eigenvalue weighted by Gasteiger charge is -2.38. The molecule has 0 spiro atoms. The fraction of sp³-hybridized carbons (Fsp3) is 0.556. The molecule has 174 valence electrons. The Hall–Kier alpha value is -2.11. The van der Waals surface area contributed by atoms with Crippen LogP contribution in [0.3, 0.4) is 0 Å². The number of piperazine rings is 1. The molecule has 0 aromatic heterocycles. The van der Waals surface area contributed by atoms with Crippen LogP contribution in [0.25, 0.3) is 0 Å². The first-order chi connectivity index (χ1) is 15.7. The number of benzene rings is 2. The smallest absolute Gasteiger partial charge is 0.142 e. The molecule has 4 nitrogen and oxygen atoms in total. The van der Waals surface area contributed by atoms with Gasteiger partial charge in [0.15, 0.2) is 0 Å². The maximum absolute atomic E-state index is 14.8. The van der Waals surface area contributed by atoms with Crippen molar-refractivity contribution in [3.8, 4) is 5.75 Å². The third-order valence-corrected chi connectivity index (χ3v) is 7.52. The molecular formula is C27H38FN3O. The van der Waals surface area contributed by atoms with Gasteiger partial charge in [0.2, 0.25) is 0 Å². The van der Waals surface area contributed by atoms with E-state index in [1.54, 1.807) is 19.2 Å². The van der Waals surface area contributed by atoms with Crippen LogP contribution in [-0.4, -0.2) is 50.8 Å². The summed E-state index contributed by atoms with van der Waals surface area (Å²) in [5, 5.41) is 0. The van der Waals surface area contributed by atoms with Gasteiger partial charge in [0.25, 0.3) is 0 Å². The summed E-state index contributed by atoms with van der Waals surface area (Å²) >= 11 is 0. The molecule has 1 aliphatic carbocycles. The van der Waals surface area contributed by atoms with Crippen molar-refractivity contribution in [3.63, 3.8) is 0 Å². The SMILES string of the molecule is COc1ccccc1N1CCN(CC[C@H](c2ccccc2F)[C@@H](N)C2CCCCC2)CC1. The average Bonchev–Trinajstić information content (AvgIpc) is 2.86. The highest BCUT2D eigenvalue weighted by molar-refractivity contribution is 5.58. The summed E-state index contributed by atoms with van der Waals surface area (Å²) in [4.78, 5) is 4.91. The molecular weight excluding hydrogens is 401 g/mol. The lowest BCUT2D eigenvalue weighted by Crippen LogP contribution is -2.47. The van der Waals surface area contributed by atoms with Gasteiger partial charge < -0.3 is 15.4 Å². The second-order valence-corrected chi connectivity index (χ2v) is 9.39. The molecule has 0 radical (unpaired) electrons. The van der Waals surface area contributed by atoms with Crippen molar-refractivity contribution >= 4 is 5.69 Å². The van der Waals surface area contributed by atoms with Gasteiger partial charge in [0, 0.05) is 38.1 Å². The lowest BCUT2D eigenvalue weighted by atomic mass is 9.75. The van der Waals surface area contributed by atoms with E-state index in [0.29, 0.717) is 5.92 Å². The minimum Gasteiger partial charge on any atom is -0.495 e. The van der Waals surface area contributed by atoms with E-state index in [2.05, 4.69) is 21.9 Å². The minimum absolute atomic E-state index is 0.0297. The van der Waals surface area contributed by atoms with Gasteiger partial charge in [-0.15, -0.1) is 0 Å². The molecule has 2 atom stereocenters. The monoisotopic (exact) mass is 439 g/mol. The van der Waals surface area contributed by atoms with Crippen molar-refractivity contribution in [2.45, 2.75) is 50.5 Å². The molecule has 1 saturated heterocycles. The Morgan fingerprint density at radius 3 is 2.38 bits per heavy atom. The molecule has 2 fully saturated rings. The van der Waals surface area contributed by atoms with Gasteiger partial charge in [0.1, 0.15) is 11.6 Å². The molecule has 4 rings (SSSR count). The fourth-order valence-electron chi connectivity index (χ4n) is 5.60. The number of nitrogens with two attached hydrogens (primary N) is 1. The summed E-state index contributed by atoms with van der Waals surface area (Å²) in [5.74, 6) is 1.41.